The lowest BCUT2D eigenvalue weighted by Crippen LogP contribution is -2.50. The Morgan fingerprint density at radius 3 is 2.43 bits per heavy atom. The standard InChI is InChI=1S/C16H20N2O2S/c19-13(9-21-15-17-2-1-14(20)18-15)16-6-10-3-11(7-16)5-12(4-10)8-16/h1-2,10-12H,3-9H2,(H,17,18,20). The third-order valence-corrected chi connectivity index (χ3v) is 6.50. The largest absolute Gasteiger partial charge is 0.301 e. The Labute approximate surface area is 128 Å². The van der Waals surface area contributed by atoms with Crippen molar-refractivity contribution >= 4 is 17.5 Å². The molecule has 21 heavy (non-hydrogen) atoms. The van der Waals surface area contributed by atoms with Gasteiger partial charge >= 0.3 is 0 Å². The highest BCUT2D eigenvalue weighted by molar-refractivity contribution is 7.99. The molecule has 1 N–H and O–H groups in total. The summed E-state index contributed by atoms with van der Waals surface area (Å²) in [6.45, 7) is 0. The number of aromatic nitrogens is 2. The average Bonchev–Trinajstić information content (AvgIpc) is 2.43. The van der Waals surface area contributed by atoms with Gasteiger partial charge in [0.15, 0.2) is 5.16 Å². The van der Waals surface area contributed by atoms with Gasteiger partial charge in [-0.3, -0.25) is 9.59 Å². The van der Waals surface area contributed by atoms with Crippen LogP contribution in [0.2, 0.25) is 0 Å². The van der Waals surface area contributed by atoms with Crippen LogP contribution in [0.5, 0.6) is 0 Å². The summed E-state index contributed by atoms with van der Waals surface area (Å²) < 4.78 is 0. The van der Waals surface area contributed by atoms with Crippen LogP contribution in [-0.2, 0) is 4.79 Å². The minimum Gasteiger partial charge on any atom is -0.301 e. The van der Waals surface area contributed by atoms with Gasteiger partial charge in [0.1, 0.15) is 5.78 Å². The van der Waals surface area contributed by atoms with E-state index < -0.39 is 0 Å². The van der Waals surface area contributed by atoms with Crippen molar-refractivity contribution < 1.29 is 4.79 Å². The van der Waals surface area contributed by atoms with E-state index in [9.17, 15) is 9.59 Å². The second-order valence-electron chi connectivity index (χ2n) is 7.15. The van der Waals surface area contributed by atoms with E-state index in [-0.39, 0.29) is 11.0 Å². The third kappa shape index (κ3) is 2.45. The second kappa shape index (κ2) is 4.97. The summed E-state index contributed by atoms with van der Waals surface area (Å²) in [4.78, 5) is 30.9. The Bertz CT molecular complexity index is 589. The molecule has 1 aromatic rings. The lowest BCUT2D eigenvalue weighted by Gasteiger charge is -2.56. The first-order chi connectivity index (χ1) is 10.1. The molecule has 0 unspecified atom stereocenters. The molecule has 0 aliphatic heterocycles. The first-order valence-corrected chi connectivity index (χ1v) is 8.83. The Balaban J connectivity index is 1.46. The Morgan fingerprint density at radius 2 is 1.86 bits per heavy atom. The molecule has 5 rings (SSSR count). The fourth-order valence-electron chi connectivity index (χ4n) is 5.16. The molecule has 0 radical (unpaired) electrons. The number of carbonyl (C=O) groups is 1. The van der Waals surface area contributed by atoms with Crippen LogP contribution in [0.1, 0.15) is 38.5 Å². The number of H-pyrrole nitrogens is 1. The van der Waals surface area contributed by atoms with Crippen LogP contribution in [-0.4, -0.2) is 21.5 Å². The van der Waals surface area contributed by atoms with Crippen molar-refractivity contribution in [2.75, 3.05) is 5.75 Å². The third-order valence-electron chi connectivity index (χ3n) is 5.62. The van der Waals surface area contributed by atoms with Gasteiger partial charge in [-0.05, 0) is 56.3 Å². The molecule has 4 bridgehead atoms. The first-order valence-electron chi connectivity index (χ1n) is 7.84. The van der Waals surface area contributed by atoms with Crippen LogP contribution in [0.4, 0.5) is 0 Å². The highest BCUT2D eigenvalue weighted by Gasteiger charge is 2.54. The van der Waals surface area contributed by atoms with Crippen LogP contribution >= 0.6 is 11.8 Å². The fourth-order valence-corrected chi connectivity index (χ4v) is 6.05. The van der Waals surface area contributed by atoms with Gasteiger partial charge in [0.25, 0.3) is 5.56 Å². The van der Waals surface area contributed by atoms with Gasteiger partial charge in [-0.1, -0.05) is 11.8 Å². The lowest BCUT2D eigenvalue weighted by molar-refractivity contribution is -0.141. The summed E-state index contributed by atoms with van der Waals surface area (Å²) in [6, 6.07) is 1.39. The van der Waals surface area contributed by atoms with E-state index in [0.29, 0.717) is 16.7 Å². The smallest absolute Gasteiger partial charge is 0.251 e. The highest BCUT2D eigenvalue weighted by atomic mass is 32.2. The summed E-state index contributed by atoms with van der Waals surface area (Å²) in [7, 11) is 0. The second-order valence-corrected chi connectivity index (χ2v) is 8.11. The Morgan fingerprint density at radius 1 is 1.24 bits per heavy atom. The van der Waals surface area contributed by atoms with Crippen LogP contribution in [0.15, 0.2) is 22.2 Å². The van der Waals surface area contributed by atoms with Crippen molar-refractivity contribution in [2.45, 2.75) is 43.7 Å². The zero-order valence-corrected chi connectivity index (χ0v) is 12.8. The maximum Gasteiger partial charge on any atom is 0.251 e. The number of nitrogens with one attached hydrogen (secondary N) is 1. The molecule has 4 saturated carbocycles. The van der Waals surface area contributed by atoms with Crippen molar-refractivity contribution in [2.24, 2.45) is 23.2 Å². The van der Waals surface area contributed by atoms with Gasteiger partial charge in [0.05, 0.1) is 5.75 Å². The van der Waals surface area contributed by atoms with Crippen molar-refractivity contribution in [3.05, 3.63) is 22.6 Å². The number of Topliss-reactive ketones (excluding diaryl/α,β-unsaturated/α-hetero) is 1. The number of hydrogen-bond acceptors (Lipinski definition) is 4. The molecule has 0 aromatic carbocycles. The molecule has 0 saturated heterocycles. The monoisotopic (exact) mass is 304 g/mol. The molecular weight excluding hydrogens is 284 g/mol. The van der Waals surface area contributed by atoms with Crippen LogP contribution in [0.25, 0.3) is 0 Å². The van der Waals surface area contributed by atoms with Crippen LogP contribution < -0.4 is 5.56 Å². The topological polar surface area (TPSA) is 62.8 Å². The maximum atomic E-state index is 12.8. The Hall–Kier alpha value is -1.10. The molecule has 112 valence electrons. The minimum absolute atomic E-state index is 0.0448. The van der Waals surface area contributed by atoms with Gasteiger partial charge < -0.3 is 4.98 Å². The van der Waals surface area contributed by atoms with Gasteiger partial charge in [0.2, 0.25) is 0 Å². The molecular formula is C16H20N2O2S. The van der Waals surface area contributed by atoms with Gasteiger partial charge in [-0.15, -0.1) is 0 Å². The molecule has 0 amide bonds. The van der Waals surface area contributed by atoms with Crippen LogP contribution in [0.3, 0.4) is 0 Å². The number of rotatable bonds is 4. The summed E-state index contributed by atoms with van der Waals surface area (Å²) in [5.41, 5.74) is -0.202. The molecule has 4 nitrogen and oxygen atoms in total. The molecule has 4 aliphatic carbocycles. The quantitative estimate of drug-likeness (QED) is 0.686. The SMILES string of the molecule is O=C(CSc1nccc(=O)[nH]1)C12CC3CC(CC(C3)C1)C2. The average molecular weight is 304 g/mol. The molecule has 0 spiro atoms. The summed E-state index contributed by atoms with van der Waals surface area (Å²) in [5, 5.41) is 0.556. The van der Waals surface area contributed by atoms with Gasteiger partial charge in [0, 0.05) is 17.7 Å². The summed E-state index contributed by atoms with van der Waals surface area (Å²) in [5.74, 6) is 3.21. The van der Waals surface area contributed by atoms with Crippen molar-refractivity contribution in [3.8, 4) is 0 Å². The molecule has 1 aromatic heterocycles. The molecule has 4 fully saturated rings. The van der Waals surface area contributed by atoms with Gasteiger partial charge in [-0.25, -0.2) is 4.98 Å². The lowest BCUT2D eigenvalue weighted by atomic mass is 9.48. The predicted molar refractivity (Wildman–Crippen MR) is 81.2 cm³/mol. The van der Waals surface area contributed by atoms with E-state index in [1.807, 2.05) is 0 Å². The fraction of sp³-hybridized carbons (Fsp3) is 0.688. The van der Waals surface area contributed by atoms with E-state index >= 15 is 0 Å². The number of aromatic amines is 1. The van der Waals surface area contributed by atoms with E-state index in [1.54, 1.807) is 0 Å². The molecule has 5 heteroatoms. The highest BCUT2D eigenvalue weighted by Crippen LogP contribution is 2.60. The summed E-state index contributed by atoms with van der Waals surface area (Å²) >= 11 is 1.38. The number of carbonyl (C=O) groups excluding carboxylic acids is 1. The maximum absolute atomic E-state index is 12.8. The molecule has 1 heterocycles. The number of nitrogens with zero attached hydrogens (tertiary/aromatic N) is 1. The molecule has 0 atom stereocenters. The zero-order chi connectivity index (χ0) is 14.4. The minimum atomic E-state index is -0.158. The van der Waals surface area contributed by atoms with Crippen molar-refractivity contribution in [3.63, 3.8) is 0 Å². The van der Waals surface area contributed by atoms with E-state index in [4.69, 9.17) is 0 Å². The zero-order valence-electron chi connectivity index (χ0n) is 12.0. The number of ketones is 1. The normalized spacial score (nSPS) is 36.9. The van der Waals surface area contributed by atoms with Gasteiger partial charge in [-0.2, -0.15) is 0 Å². The van der Waals surface area contributed by atoms with Crippen LogP contribution in [0, 0.1) is 23.2 Å². The van der Waals surface area contributed by atoms with Crippen molar-refractivity contribution in [1.29, 1.82) is 0 Å². The van der Waals surface area contributed by atoms with E-state index in [0.717, 1.165) is 37.0 Å². The number of thioether (sulfide) groups is 1. The Kier molecular flexibility index (Phi) is 3.21. The van der Waals surface area contributed by atoms with E-state index in [1.165, 1.54) is 43.3 Å². The number of hydrogen-bond donors (Lipinski definition) is 1. The van der Waals surface area contributed by atoms with E-state index in [2.05, 4.69) is 9.97 Å². The predicted octanol–water partition coefficient (Wildman–Crippen LogP) is 2.65. The summed E-state index contributed by atoms with van der Waals surface area (Å²) in [6.07, 6.45) is 8.88. The molecule has 4 aliphatic rings. The van der Waals surface area contributed by atoms with Crippen molar-refractivity contribution in [1.82, 2.24) is 9.97 Å². The first kappa shape index (κ1) is 13.6.